The van der Waals surface area contributed by atoms with Gasteiger partial charge in [-0.05, 0) is 23.4 Å². The summed E-state index contributed by atoms with van der Waals surface area (Å²) in [5.74, 6) is 1.12. The number of nitrogens with zero attached hydrogens (tertiary/aromatic N) is 1. The molecule has 116 valence electrons. The van der Waals surface area contributed by atoms with E-state index in [1.54, 1.807) is 0 Å². The van der Waals surface area contributed by atoms with Gasteiger partial charge in [-0.2, -0.15) is 4.57 Å². The molecule has 0 spiro atoms. The van der Waals surface area contributed by atoms with Crippen molar-refractivity contribution in [1.82, 2.24) is 0 Å². The molecule has 0 unspecified atom stereocenters. The number of ether oxygens (including phenoxy) is 1. The summed E-state index contributed by atoms with van der Waals surface area (Å²) in [5, 5.41) is 2.88. The fourth-order valence-electron chi connectivity index (χ4n) is 3.18. The van der Waals surface area contributed by atoms with E-state index < -0.39 is 16.1 Å². The predicted molar refractivity (Wildman–Crippen MR) is 98.7 cm³/mol. The van der Waals surface area contributed by atoms with Gasteiger partial charge in [0.05, 0.1) is 13.6 Å². The lowest BCUT2D eigenvalue weighted by Crippen LogP contribution is -2.63. The monoisotopic (exact) mass is 328 g/mol. The molecule has 4 heteroatoms. The first-order valence-electron chi connectivity index (χ1n) is 7.99. The Labute approximate surface area is 135 Å². The Bertz CT molecular complexity index is 663. The van der Waals surface area contributed by atoms with Gasteiger partial charge in [0.1, 0.15) is 5.75 Å². The smallest absolute Gasteiger partial charge is 0.292 e. The van der Waals surface area contributed by atoms with E-state index in [1.165, 1.54) is 21.8 Å². The van der Waals surface area contributed by atoms with Gasteiger partial charge in [0.15, 0.2) is 13.4 Å². The van der Waals surface area contributed by atoms with Crippen molar-refractivity contribution in [3.05, 3.63) is 36.4 Å². The van der Waals surface area contributed by atoms with E-state index in [-0.39, 0.29) is 0 Å². The summed E-state index contributed by atoms with van der Waals surface area (Å²) in [7, 11) is -2.80. The molecule has 3 rings (SSSR count). The normalized spacial score (nSPS) is 14.1. The minimum absolute atomic E-state index is 0.643. The molecule has 0 amide bonds. The third-order valence-electron chi connectivity index (χ3n) is 4.30. The SMILES string of the molecule is C[Si](C)(C)c1cccc2c1OC[n+]1c-2cccc1[Si](C)(C)C. The van der Waals surface area contributed by atoms with Crippen LogP contribution in [0.2, 0.25) is 39.3 Å². The van der Waals surface area contributed by atoms with Crippen molar-refractivity contribution in [3.8, 4) is 17.0 Å². The molecule has 0 saturated carbocycles. The number of hydrogen-bond donors (Lipinski definition) is 0. The minimum atomic E-state index is -1.41. The van der Waals surface area contributed by atoms with E-state index in [0.717, 1.165) is 5.75 Å². The average molecular weight is 329 g/mol. The van der Waals surface area contributed by atoms with Gasteiger partial charge in [-0.15, -0.1) is 0 Å². The Hall–Kier alpha value is -1.40. The topological polar surface area (TPSA) is 13.1 Å². The van der Waals surface area contributed by atoms with E-state index in [1.807, 2.05) is 0 Å². The zero-order chi connectivity index (χ0) is 16.1. The molecule has 1 aliphatic heterocycles. The highest BCUT2D eigenvalue weighted by Crippen LogP contribution is 2.30. The van der Waals surface area contributed by atoms with Crippen molar-refractivity contribution < 1.29 is 9.30 Å². The van der Waals surface area contributed by atoms with Gasteiger partial charge in [0.25, 0.3) is 6.73 Å². The van der Waals surface area contributed by atoms with Crippen LogP contribution in [0.25, 0.3) is 11.3 Å². The molecule has 0 radical (unpaired) electrons. The first kappa shape index (κ1) is 15.5. The Morgan fingerprint density at radius 2 is 1.55 bits per heavy atom. The van der Waals surface area contributed by atoms with E-state index in [4.69, 9.17) is 4.74 Å². The van der Waals surface area contributed by atoms with Crippen molar-refractivity contribution in [2.45, 2.75) is 46.0 Å². The molecule has 22 heavy (non-hydrogen) atoms. The zero-order valence-electron chi connectivity index (χ0n) is 14.5. The van der Waals surface area contributed by atoms with Gasteiger partial charge >= 0.3 is 0 Å². The summed E-state index contributed by atoms with van der Waals surface area (Å²) in [6.07, 6.45) is 0. The average Bonchev–Trinajstić information content (AvgIpc) is 2.43. The summed E-state index contributed by atoms with van der Waals surface area (Å²) < 4.78 is 8.64. The fourth-order valence-corrected chi connectivity index (χ4v) is 6.26. The minimum Gasteiger partial charge on any atom is -0.435 e. The van der Waals surface area contributed by atoms with E-state index in [0.29, 0.717) is 6.73 Å². The fraction of sp³-hybridized carbons (Fsp3) is 0.389. The van der Waals surface area contributed by atoms with Crippen molar-refractivity contribution in [2.24, 2.45) is 0 Å². The number of pyridine rings is 1. The second-order valence-electron chi connectivity index (χ2n) is 8.18. The van der Waals surface area contributed by atoms with Gasteiger partial charge in [-0.25, -0.2) is 0 Å². The summed E-state index contributed by atoms with van der Waals surface area (Å²) in [4.78, 5) is 0. The van der Waals surface area contributed by atoms with Crippen molar-refractivity contribution in [2.75, 3.05) is 0 Å². The quantitative estimate of drug-likeness (QED) is 0.610. The molecule has 1 aliphatic rings. The molecule has 0 bridgehead atoms. The van der Waals surface area contributed by atoms with Crippen molar-refractivity contribution in [1.29, 1.82) is 0 Å². The maximum Gasteiger partial charge on any atom is 0.292 e. The molecule has 2 nitrogen and oxygen atoms in total. The molecule has 1 aromatic carbocycles. The standard InChI is InChI=1S/C18H26NOSi2/c1-21(2,3)16-11-7-9-14-15-10-8-12-17(22(4,5)6)19(15)13-20-18(14)16/h7-12H,13H2,1-6H3/q+1. The van der Waals surface area contributed by atoms with Gasteiger partial charge in [0, 0.05) is 6.07 Å². The lowest BCUT2D eigenvalue weighted by molar-refractivity contribution is -0.701. The number of fused-ring (bicyclic) bond motifs is 3. The highest BCUT2D eigenvalue weighted by molar-refractivity contribution is 6.89. The van der Waals surface area contributed by atoms with Crippen LogP contribution in [0.1, 0.15) is 0 Å². The van der Waals surface area contributed by atoms with Crippen LogP contribution in [-0.4, -0.2) is 16.1 Å². The lowest BCUT2D eigenvalue weighted by atomic mass is 10.1. The van der Waals surface area contributed by atoms with Gasteiger partial charge in [0.2, 0.25) is 5.69 Å². The molecule has 0 aliphatic carbocycles. The zero-order valence-corrected chi connectivity index (χ0v) is 16.5. The Kier molecular flexibility index (Phi) is 3.57. The van der Waals surface area contributed by atoms with E-state index >= 15 is 0 Å². The Morgan fingerprint density at radius 3 is 2.18 bits per heavy atom. The second-order valence-corrected chi connectivity index (χ2v) is 18.2. The van der Waals surface area contributed by atoms with Crippen LogP contribution < -0.4 is 19.8 Å². The number of para-hydroxylation sites is 1. The van der Waals surface area contributed by atoms with Gasteiger partial charge in [-0.1, -0.05) is 51.4 Å². The van der Waals surface area contributed by atoms with Crippen LogP contribution in [0.5, 0.6) is 5.75 Å². The maximum absolute atomic E-state index is 6.26. The van der Waals surface area contributed by atoms with Crippen LogP contribution in [0.3, 0.4) is 0 Å². The number of benzene rings is 1. The third kappa shape index (κ3) is 2.54. The summed E-state index contributed by atoms with van der Waals surface area (Å²) in [6, 6.07) is 13.4. The molecule has 0 atom stereocenters. The molecule has 0 N–H and O–H groups in total. The predicted octanol–water partition coefficient (Wildman–Crippen LogP) is 3.08. The lowest BCUT2D eigenvalue weighted by Gasteiger charge is -2.26. The van der Waals surface area contributed by atoms with Crippen LogP contribution in [0.4, 0.5) is 0 Å². The van der Waals surface area contributed by atoms with E-state index in [2.05, 4.69) is 80.2 Å². The van der Waals surface area contributed by atoms with Crippen molar-refractivity contribution in [3.63, 3.8) is 0 Å². The summed E-state index contributed by atoms with van der Waals surface area (Å²) in [6.45, 7) is 15.0. The third-order valence-corrected chi connectivity index (χ3v) is 8.28. The molecule has 2 aromatic rings. The van der Waals surface area contributed by atoms with Crippen LogP contribution in [0, 0.1) is 0 Å². The van der Waals surface area contributed by atoms with Crippen LogP contribution >= 0.6 is 0 Å². The Morgan fingerprint density at radius 1 is 0.864 bits per heavy atom. The molecular formula is C18H26NOSi2+. The number of hydrogen-bond acceptors (Lipinski definition) is 1. The number of aromatic nitrogens is 1. The van der Waals surface area contributed by atoms with Gasteiger partial charge in [-0.3, -0.25) is 0 Å². The summed E-state index contributed by atoms with van der Waals surface area (Å²) in [5.41, 5.74) is 2.56. The highest BCUT2D eigenvalue weighted by atomic mass is 28.3. The summed E-state index contributed by atoms with van der Waals surface area (Å²) >= 11 is 0. The van der Waals surface area contributed by atoms with Crippen LogP contribution in [0.15, 0.2) is 36.4 Å². The molecular weight excluding hydrogens is 302 g/mol. The molecule has 2 heterocycles. The largest absolute Gasteiger partial charge is 0.435 e. The second kappa shape index (κ2) is 5.06. The maximum atomic E-state index is 6.26. The first-order chi connectivity index (χ1) is 10.2. The van der Waals surface area contributed by atoms with Crippen LogP contribution in [-0.2, 0) is 6.73 Å². The van der Waals surface area contributed by atoms with E-state index in [9.17, 15) is 0 Å². The molecule has 0 saturated heterocycles. The molecule has 0 fully saturated rings. The highest BCUT2D eigenvalue weighted by Gasteiger charge is 2.35. The number of rotatable bonds is 2. The first-order valence-corrected chi connectivity index (χ1v) is 15.0. The Balaban J connectivity index is 2.25. The van der Waals surface area contributed by atoms with Crippen molar-refractivity contribution >= 4 is 26.7 Å². The molecule has 1 aromatic heterocycles. The van der Waals surface area contributed by atoms with Gasteiger partial charge < -0.3 is 4.74 Å².